The van der Waals surface area contributed by atoms with E-state index in [1.165, 1.54) is 12.1 Å². The molecule has 0 bridgehead atoms. The lowest BCUT2D eigenvalue weighted by atomic mass is 10.1. The fourth-order valence-corrected chi connectivity index (χ4v) is 1.82. The summed E-state index contributed by atoms with van der Waals surface area (Å²) in [5, 5.41) is 4.99. The van der Waals surface area contributed by atoms with Crippen molar-refractivity contribution in [2.75, 3.05) is 6.54 Å². The third-order valence-corrected chi connectivity index (χ3v) is 2.79. The van der Waals surface area contributed by atoms with Crippen LogP contribution in [0.4, 0.5) is 8.78 Å². The molecule has 1 aromatic carbocycles. The molecule has 18 heavy (non-hydrogen) atoms. The first-order valence-electron chi connectivity index (χ1n) is 5.62. The summed E-state index contributed by atoms with van der Waals surface area (Å²) in [6, 6.07) is 2.66. The van der Waals surface area contributed by atoms with E-state index in [1.807, 2.05) is 0 Å². The summed E-state index contributed by atoms with van der Waals surface area (Å²) in [6.45, 7) is 0.569. The molecule has 2 N–H and O–H groups in total. The predicted octanol–water partition coefficient (Wildman–Crippen LogP) is 0.973. The first kappa shape index (κ1) is 12.5. The van der Waals surface area contributed by atoms with Crippen LogP contribution in [-0.2, 0) is 4.79 Å². The Morgan fingerprint density at radius 3 is 2.89 bits per heavy atom. The van der Waals surface area contributed by atoms with Gasteiger partial charge in [-0.1, -0.05) is 6.07 Å². The van der Waals surface area contributed by atoms with Gasteiger partial charge in [0.1, 0.15) is 6.04 Å². The summed E-state index contributed by atoms with van der Waals surface area (Å²) < 4.78 is 26.3. The van der Waals surface area contributed by atoms with Crippen LogP contribution in [0.2, 0.25) is 0 Å². The first-order chi connectivity index (χ1) is 8.59. The molecule has 0 aromatic heterocycles. The van der Waals surface area contributed by atoms with Crippen molar-refractivity contribution >= 4 is 11.8 Å². The maximum Gasteiger partial charge on any atom is 0.255 e. The predicted molar refractivity (Wildman–Crippen MR) is 59.9 cm³/mol. The molecule has 96 valence electrons. The Kier molecular flexibility index (Phi) is 3.55. The third kappa shape index (κ3) is 2.47. The van der Waals surface area contributed by atoms with Crippen molar-refractivity contribution in [2.45, 2.75) is 18.9 Å². The number of hydrogen-bond donors (Lipinski definition) is 2. The zero-order chi connectivity index (χ0) is 13.1. The fourth-order valence-electron chi connectivity index (χ4n) is 1.82. The van der Waals surface area contributed by atoms with Crippen LogP contribution in [0.5, 0.6) is 0 Å². The summed E-state index contributed by atoms with van der Waals surface area (Å²) in [5.41, 5.74) is -0.395. The second kappa shape index (κ2) is 5.12. The number of carbonyl (C=O) groups excluding carboxylic acids is 2. The lowest BCUT2D eigenvalue weighted by Gasteiger charge is -2.22. The van der Waals surface area contributed by atoms with Crippen molar-refractivity contribution in [2.24, 2.45) is 0 Å². The lowest BCUT2D eigenvalue weighted by Crippen LogP contribution is -2.50. The van der Waals surface area contributed by atoms with E-state index in [1.54, 1.807) is 0 Å². The average molecular weight is 254 g/mol. The lowest BCUT2D eigenvalue weighted by molar-refractivity contribution is -0.124. The first-order valence-corrected chi connectivity index (χ1v) is 5.62. The molecular formula is C12H12F2N2O2. The molecule has 6 heteroatoms. The Balaban J connectivity index is 2.12. The van der Waals surface area contributed by atoms with Gasteiger partial charge in [0.2, 0.25) is 5.91 Å². The van der Waals surface area contributed by atoms with Crippen molar-refractivity contribution < 1.29 is 18.4 Å². The van der Waals surface area contributed by atoms with Crippen LogP contribution < -0.4 is 10.6 Å². The fraction of sp³-hybridized carbons (Fsp3) is 0.333. The minimum absolute atomic E-state index is 0.300. The second-order valence-corrected chi connectivity index (χ2v) is 4.06. The van der Waals surface area contributed by atoms with Crippen molar-refractivity contribution in [1.82, 2.24) is 10.6 Å². The molecule has 0 spiro atoms. The van der Waals surface area contributed by atoms with Crippen LogP contribution in [-0.4, -0.2) is 24.4 Å². The van der Waals surface area contributed by atoms with Crippen LogP contribution in [0, 0.1) is 11.6 Å². The van der Waals surface area contributed by atoms with Crippen LogP contribution in [0.3, 0.4) is 0 Å². The molecule has 1 aromatic rings. The van der Waals surface area contributed by atoms with Crippen LogP contribution in [0.1, 0.15) is 23.2 Å². The topological polar surface area (TPSA) is 58.2 Å². The number of rotatable bonds is 2. The van der Waals surface area contributed by atoms with Crippen LogP contribution >= 0.6 is 0 Å². The Morgan fingerprint density at radius 1 is 1.39 bits per heavy atom. The quantitative estimate of drug-likeness (QED) is 0.826. The highest BCUT2D eigenvalue weighted by molar-refractivity contribution is 5.97. The standard InChI is InChI=1S/C12H12F2N2O2/c13-8-4-1-3-7(10(8)14)11(17)16-9-5-2-6-15-12(9)18/h1,3-4,9H,2,5-6H2,(H,15,18)(H,16,17). The van der Waals surface area contributed by atoms with Crippen molar-refractivity contribution in [3.63, 3.8) is 0 Å². The van der Waals surface area contributed by atoms with Gasteiger partial charge in [-0.2, -0.15) is 0 Å². The largest absolute Gasteiger partial charge is 0.354 e. The molecule has 0 aliphatic carbocycles. The molecule has 0 saturated carbocycles. The molecule has 1 unspecified atom stereocenters. The zero-order valence-corrected chi connectivity index (χ0v) is 9.50. The van der Waals surface area contributed by atoms with E-state index in [-0.39, 0.29) is 5.91 Å². The summed E-state index contributed by atoms with van der Waals surface area (Å²) in [4.78, 5) is 23.2. The average Bonchev–Trinajstić information content (AvgIpc) is 2.35. The normalized spacial score (nSPS) is 19.2. The highest BCUT2D eigenvalue weighted by atomic mass is 19.2. The molecule has 1 heterocycles. The Bertz CT molecular complexity index is 491. The van der Waals surface area contributed by atoms with Gasteiger partial charge in [0.05, 0.1) is 5.56 Å². The molecule has 1 atom stereocenters. The number of nitrogens with one attached hydrogen (secondary N) is 2. The molecule has 4 nitrogen and oxygen atoms in total. The second-order valence-electron chi connectivity index (χ2n) is 4.06. The third-order valence-electron chi connectivity index (χ3n) is 2.79. The van der Waals surface area contributed by atoms with Crippen molar-refractivity contribution in [3.05, 3.63) is 35.4 Å². The molecule has 2 rings (SSSR count). The summed E-state index contributed by atoms with van der Waals surface area (Å²) in [5.74, 6) is -3.37. The van der Waals surface area contributed by atoms with Gasteiger partial charge in [-0.05, 0) is 25.0 Å². The SMILES string of the molecule is O=C(NC1CCCNC1=O)c1cccc(F)c1F. The maximum absolute atomic E-state index is 13.4. The number of benzene rings is 1. The van der Waals surface area contributed by atoms with Gasteiger partial charge in [0.15, 0.2) is 11.6 Å². The van der Waals surface area contributed by atoms with Crippen molar-refractivity contribution in [3.8, 4) is 0 Å². The zero-order valence-electron chi connectivity index (χ0n) is 9.50. The minimum Gasteiger partial charge on any atom is -0.354 e. The number of piperidine rings is 1. The van der Waals surface area contributed by atoms with E-state index < -0.39 is 29.1 Å². The Labute approximate surface area is 102 Å². The number of amides is 2. The van der Waals surface area contributed by atoms with Gasteiger partial charge >= 0.3 is 0 Å². The van der Waals surface area contributed by atoms with Gasteiger partial charge in [0, 0.05) is 6.54 Å². The minimum atomic E-state index is -1.20. The number of carbonyl (C=O) groups is 2. The van der Waals surface area contributed by atoms with E-state index >= 15 is 0 Å². The Hall–Kier alpha value is -1.98. The molecule has 1 aliphatic rings. The maximum atomic E-state index is 13.4. The Morgan fingerprint density at radius 2 is 2.17 bits per heavy atom. The van der Waals surface area contributed by atoms with Crippen LogP contribution in [0.15, 0.2) is 18.2 Å². The monoisotopic (exact) mass is 254 g/mol. The van der Waals surface area contributed by atoms with Gasteiger partial charge in [-0.3, -0.25) is 9.59 Å². The van der Waals surface area contributed by atoms with E-state index in [0.29, 0.717) is 13.0 Å². The van der Waals surface area contributed by atoms with E-state index in [4.69, 9.17) is 0 Å². The van der Waals surface area contributed by atoms with Crippen LogP contribution in [0.25, 0.3) is 0 Å². The molecule has 0 radical (unpaired) electrons. The molecule has 1 saturated heterocycles. The van der Waals surface area contributed by atoms with Gasteiger partial charge < -0.3 is 10.6 Å². The summed E-state index contributed by atoms with van der Waals surface area (Å²) in [6.07, 6.45) is 1.23. The van der Waals surface area contributed by atoms with Gasteiger partial charge in [-0.25, -0.2) is 8.78 Å². The van der Waals surface area contributed by atoms with Crippen molar-refractivity contribution in [1.29, 1.82) is 0 Å². The van der Waals surface area contributed by atoms with Gasteiger partial charge in [-0.15, -0.1) is 0 Å². The van der Waals surface area contributed by atoms with E-state index in [0.717, 1.165) is 12.5 Å². The highest BCUT2D eigenvalue weighted by Crippen LogP contribution is 2.12. The molecule has 1 aliphatic heterocycles. The highest BCUT2D eigenvalue weighted by Gasteiger charge is 2.25. The molecule has 2 amide bonds. The number of halogens is 2. The molecular weight excluding hydrogens is 242 g/mol. The summed E-state index contributed by atoms with van der Waals surface area (Å²) in [7, 11) is 0. The van der Waals surface area contributed by atoms with E-state index in [9.17, 15) is 18.4 Å². The number of hydrogen-bond acceptors (Lipinski definition) is 2. The smallest absolute Gasteiger partial charge is 0.255 e. The van der Waals surface area contributed by atoms with Gasteiger partial charge in [0.25, 0.3) is 5.91 Å². The van der Waals surface area contributed by atoms with E-state index in [2.05, 4.69) is 10.6 Å². The molecule has 1 fully saturated rings. The summed E-state index contributed by atoms with van der Waals surface area (Å²) >= 11 is 0.